The van der Waals surface area contributed by atoms with Gasteiger partial charge in [0.15, 0.2) is 0 Å². The monoisotopic (exact) mass is 321 g/mol. The lowest BCUT2D eigenvalue weighted by molar-refractivity contribution is -0.570. The van der Waals surface area contributed by atoms with Crippen LogP contribution in [-0.4, -0.2) is 22.2 Å². The molecule has 0 spiro atoms. The minimum Gasteiger partial charge on any atom is -0.389 e. The summed E-state index contributed by atoms with van der Waals surface area (Å²) in [7, 11) is 0. The minimum atomic E-state index is -1.24. The van der Waals surface area contributed by atoms with Crippen LogP contribution in [0.2, 0.25) is 0 Å². The number of aryl methyl sites for hydroxylation is 2. The Hall–Kier alpha value is -1.42. The van der Waals surface area contributed by atoms with E-state index in [1.807, 2.05) is 0 Å². The average molecular weight is 321 g/mol. The van der Waals surface area contributed by atoms with Crippen molar-refractivity contribution in [2.24, 2.45) is 0 Å². The number of rotatable bonds is 12. The number of benzene rings is 1. The SMILES string of the molecule is CCCCCCCCc1ccc(CCC(C)(CO)[N+](=O)[O-])cc1. The van der Waals surface area contributed by atoms with Gasteiger partial charge in [-0.1, -0.05) is 63.3 Å². The van der Waals surface area contributed by atoms with E-state index in [4.69, 9.17) is 0 Å². The molecule has 0 aliphatic carbocycles. The molecule has 0 bridgehead atoms. The summed E-state index contributed by atoms with van der Waals surface area (Å²) in [5.41, 5.74) is 1.19. The van der Waals surface area contributed by atoms with Crippen LogP contribution in [0.4, 0.5) is 0 Å². The molecule has 0 saturated carbocycles. The van der Waals surface area contributed by atoms with Gasteiger partial charge in [0.25, 0.3) is 0 Å². The summed E-state index contributed by atoms with van der Waals surface area (Å²) in [5.74, 6) is 0. The standard InChI is InChI=1S/C19H31NO3/c1-3-4-5-6-7-8-9-17-10-12-18(13-11-17)14-15-19(2,16-21)20(22)23/h10-13,21H,3-9,14-16H2,1-2H3. The highest BCUT2D eigenvalue weighted by Crippen LogP contribution is 2.18. The Morgan fingerprint density at radius 3 is 2.04 bits per heavy atom. The molecule has 0 amide bonds. The summed E-state index contributed by atoms with van der Waals surface area (Å²) in [6.45, 7) is 3.31. The summed E-state index contributed by atoms with van der Waals surface area (Å²) in [5, 5.41) is 20.2. The van der Waals surface area contributed by atoms with Gasteiger partial charge >= 0.3 is 0 Å². The van der Waals surface area contributed by atoms with Crippen molar-refractivity contribution in [3.63, 3.8) is 0 Å². The van der Waals surface area contributed by atoms with E-state index in [9.17, 15) is 15.2 Å². The number of aliphatic hydroxyl groups is 1. The predicted molar refractivity (Wildman–Crippen MR) is 94.3 cm³/mol. The molecule has 0 aliphatic heterocycles. The quantitative estimate of drug-likeness (QED) is 0.349. The van der Waals surface area contributed by atoms with Crippen LogP contribution in [0.3, 0.4) is 0 Å². The lowest BCUT2D eigenvalue weighted by Crippen LogP contribution is -2.39. The van der Waals surface area contributed by atoms with Crippen molar-refractivity contribution in [2.75, 3.05) is 6.61 Å². The van der Waals surface area contributed by atoms with Gasteiger partial charge in [0.1, 0.15) is 6.61 Å². The van der Waals surface area contributed by atoms with Crippen LogP contribution in [0.1, 0.15) is 69.9 Å². The maximum Gasteiger partial charge on any atom is 0.242 e. The van der Waals surface area contributed by atoms with Gasteiger partial charge in [-0.3, -0.25) is 10.1 Å². The van der Waals surface area contributed by atoms with Gasteiger partial charge in [0, 0.05) is 18.3 Å². The third-order valence-electron chi connectivity index (χ3n) is 4.58. The third kappa shape index (κ3) is 7.12. The highest BCUT2D eigenvalue weighted by atomic mass is 16.6. The molecule has 1 N–H and O–H groups in total. The third-order valence-corrected chi connectivity index (χ3v) is 4.58. The molecule has 1 unspecified atom stereocenters. The van der Waals surface area contributed by atoms with Crippen LogP contribution < -0.4 is 0 Å². The Bertz CT molecular complexity index is 458. The summed E-state index contributed by atoms with van der Waals surface area (Å²) < 4.78 is 0. The van der Waals surface area contributed by atoms with Gasteiger partial charge in [-0.25, -0.2) is 0 Å². The van der Waals surface area contributed by atoms with E-state index in [0.717, 1.165) is 12.0 Å². The summed E-state index contributed by atoms with van der Waals surface area (Å²) in [4.78, 5) is 10.6. The van der Waals surface area contributed by atoms with Crippen molar-refractivity contribution >= 4 is 0 Å². The molecule has 4 nitrogen and oxygen atoms in total. The van der Waals surface area contributed by atoms with Gasteiger partial charge < -0.3 is 5.11 Å². The molecule has 0 radical (unpaired) electrons. The van der Waals surface area contributed by atoms with E-state index in [-0.39, 0.29) is 4.92 Å². The van der Waals surface area contributed by atoms with Crippen molar-refractivity contribution < 1.29 is 10.0 Å². The van der Waals surface area contributed by atoms with E-state index in [1.165, 1.54) is 51.0 Å². The maximum atomic E-state index is 11.0. The first-order valence-electron chi connectivity index (χ1n) is 8.85. The second-order valence-electron chi connectivity index (χ2n) is 6.75. The zero-order valence-electron chi connectivity index (χ0n) is 14.6. The molecular weight excluding hydrogens is 290 g/mol. The Balaban J connectivity index is 2.34. The number of aliphatic hydroxyl groups excluding tert-OH is 1. The molecule has 0 heterocycles. The van der Waals surface area contributed by atoms with Crippen LogP contribution in [0.25, 0.3) is 0 Å². The molecule has 23 heavy (non-hydrogen) atoms. The van der Waals surface area contributed by atoms with Crippen molar-refractivity contribution in [1.82, 2.24) is 0 Å². The molecule has 1 rings (SSSR count). The van der Waals surface area contributed by atoms with E-state index in [0.29, 0.717) is 12.8 Å². The van der Waals surface area contributed by atoms with E-state index in [2.05, 4.69) is 31.2 Å². The fraction of sp³-hybridized carbons (Fsp3) is 0.684. The fourth-order valence-corrected chi connectivity index (χ4v) is 2.62. The first-order chi connectivity index (χ1) is 11.0. The minimum absolute atomic E-state index is 0.354. The molecule has 0 aliphatic rings. The van der Waals surface area contributed by atoms with Crippen LogP contribution in [0.5, 0.6) is 0 Å². The van der Waals surface area contributed by atoms with Gasteiger partial charge in [-0.15, -0.1) is 0 Å². The number of nitrogens with zero attached hydrogens (tertiary/aromatic N) is 1. The first kappa shape index (κ1) is 19.6. The topological polar surface area (TPSA) is 63.4 Å². The van der Waals surface area contributed by atoms with Gasteiger partial charge in [0.05, 0.1) is 0 Å². The molecule has 0 saturated heterocycles. The molecule has 130 valence electrons. The molecule has 1 aromatic carbocycles. The highest BCUT2D eigenvalue weighted by Gasteiger charge is 2.35. The molecular formula is C19H31NO3. The van der Waals surface area contributed by atoms with Crippen LogP contribution in [0, 0.1) is 10.1 Å². The molecule has 4 heteroatoms. The summed E-state index contributed by atoms with van der Waals surface area (Å²) in [6, 6.07) is 8.38. The average Bonchev–Trinajstić information content (AvgIpc) is 2.56. The zero-order valence-corrected chi connectivity index (χ0v) is 14.6. The van der Waals surface area contributed by atoms with Crippen LogP contribution >= 0.6 is 0 Å². The largest absolute Gasteiger partial charge is 0.389 e. The van der Waals surface area contributed by atoms with E-state index >= 15 is 0 Å². The van der Waals surface area contributed by atoms with Crippen molar-refractivity contribution in [3.8, 4) is 0 Å². The summed E-state index contributed by atoms with van der Waals surface area (Å²) in [6.07, 6.45) is 9.89. The Labute approximate surface area is 140 Å². The van der Waals surface area contributed by atoms with Gasteiger partial charge in [0.2, 0.25) is 5.54 Å². The van der Waals surface area contributed by atoms with Crippen LogP contribution in [0.15, 0.2) is 24.3 Å². The number of hydrogen-bond acceptors (Lipinski definition) is 3. The molecule has 0 fully saturated rings. The Morgan fingerprint density at radius 2 is 1.52 bits per heavy atom. The fourth-order valence-electron chi connectivity index (χ4n) is 2.62. The summed E-state index contributed by atoms with van der Waals surface area (Å²) >= 11 is 0. The maximum absolute atomic E-state index is 11.0. The molecule has 1 aromatic rings. The van der Waals surface area contributed by atoms with E-state index < -0.39 is 12.1 Å². The Morgan fingerprint density at radius 1 is 1.00 bits per heavy atom. The predicted octanol–water partition coefficient (Wildman–Crippen LogP) is 4.55. The van der Waals surface area contributed by atoms with Crippen molar-refractivity contribution in [1.29, 1.82) is 0 Å². The normalized spacial score (nSPS) is 13.7. The number of hydrogen-bond donors (Lipinski definition) is 1. The van der Waals surface area contributed by atoms with Crippen molar-refractivity contribution in [2.45, 2.75) is 77.2 Å². The second kappa shape index (κ2) is 10.4. The second-order valence-corrected chi connectivity index (χ2v) is 6.75. The van der Waals surface area contributed by atoms with Gasteiger partial charge in [-0.05, 0) is 30.4 Å². The number of unbranched alkanes of at least 4 members (excludes halogenated alkanes) is 5. The Kier molecular flexibility index (Phi) is 8.85. The number of nitro groups is 1. The molecule has 0 aromatic heterocycles. The lowest BCUT2D eigenvalue weighted by atomic mass is 9.94. The smallest absolute Gasteiger partial charge is 0.242 e. The van der Waals surface area contributed by atoms with Crippen LogP contribution in [-0.2, 0) is 12.8 Å². The van der Waals surface area contributed by atoms with Crippen molar-refractivity contribution in [3.05, 3.63) is 45.5 Å². The first-order valence-corrected chi connectivity index (χ1v) is 8.85. The highest BCUT2D eigenvalue weighted by molar-refractivity contribution is 5.23. The zero-order chi connectivity index (χ0) is 17.1. The van der Waals surface area contributed by atoms with Gasteiger partial charge in [-0.2, -0.15) is 0 Å². The lowest BCUT2D eigenvalue weighted by Gasteiger charge is -2.18. The van der Waals surface area contributed by atoms with E-state index in [1.54, 1.807) is 0 Å². The molecule has 1 atom stereocenters.